The summed E-state index contributed by atoms with van der Waals surface area (Å²) in [6.45, 7) is 4.97. The summed E-state index contributed by atoms with van der Waals surface area (Å²) >= 11 is 0. The molecule has 0 aliphatic rings. The zero-order valence-corrected chi connectivity index (χ0v) is 82.0. The number of carbonyl (C=O) groups is 15. The molecule has 0 radical (unpaired) electrons. The molecule has 2 rings (SSSR count). The lowest BCUT2D eigenvalue weighted by molar-refractivity contribution is -0.136. The molecule has 15 amide bonds. The standard InChI is InChI=1S/C83H153N47O15/c1-41(84)60(132)120-51(22-10-32-109-77(92)93)66(138)124-49(20-8-30-107-75(88)89)64(136)118-44(4)62(134)122-53(24-12-34-111-79(96)97)68(140)126-55(26-14-36-113-81(100)101)70(142)128-57(28-16-38-115-83(104)105)72(144)130-58(39-45-40-116-47-18-6-5-17-46(45)47)73(145)129-56(27-15-37-114-82(102)103)71(143)127-54(25-13-35-112-80(98)99)69(141)125-50(21-9-31-108-76(90)91)65(137)119-43(3)61(133)121-52(23-11-33-110-78(94)95)67(139)123-48(19-7-29-106-74(86)87)63(135)117-42(2)59(85)131/h5-6,17-18,40-44,48-58,116H,7-16,19-39,84H2,1-4H3,(H2,85,131)(H,117,135)(H,118,136)(H,119,137)(H,120,132)(H,121,133)(H,122,134)(H,123,139)(H,124,138)(H,125,141)(H,126,140)(H,127,143)(H,128,142)(H,129,145)(H,130,144)(H4,86,87,106)(H4,88,89,107)(H4,90,91,108)(H4,92,93,109)(H4,94,95,110)(H4,96,97,111)(H4,98,99,112)(H4,100,101,113)(H4,102,103,114)(H4,104,105,115)/t41-,42-,43-,44-,48-,49-,50-,51-,52-,53-,54-,55-,56-,57-,58-/m0/s1. The molecule has 15 atom stereocenters. The lowest BCUT2D eigenvalue weighted by Gasteiger charge is -2.29. The number of nitrogens with two attached hydrogens (primary N) is 12. The molecule has 810 valence electrons. The SMILES string of the molecule is C[C@H](N)C(=O)N[C@@H](CCCNC(=N)N)C(=O)N[C@@H](CCCNC(=N)N)C(=O)N[C@@H](C)C(=O)N[C@@H](CCCNC(=N)N)C(=O)N[C@@H](CCCNC(=N)N)C(=O)N[C@@H](CCCNC(=N)N)C(=O)N[C@@H](Cc1c[nH]c2ccccc12)C(=O)N[C@@H](CCCNC(=N)N)C(=O)N[C@@H](CCCNC(=N)N)C(=O)N[C@@H](CCCNC(=N)N)C(=O)N[C@@H](C)C(=O)N[C@@H](CCCNC(=N)N)C(=O)N[C@@H](CCCNC(=N)N)C(=O)N[C@@H](C)C(N)=O. The number of H-pyrrole nitrogens is 1. The molecule has 0 spiro atoms. The fourth-order valence-electron chi connectivity index (χ4n) is 13.9. The van der Waals surface area contributed by atoms with Crippen molar-refractivity contribution >= 4 is 159 Å². The van der Waals surface area contributed by atoms with Gasteiger partial charge < -0.3 is 201 Å². The fourth-order valence-corrected chi connectivity index (χ4v) is 13.9. The van der Waals surface area contributed by atoms with Gasteiger partial charge in [0, 0.05) is 89.0 Å². The summed E-state index contributed by atoms with van der Waals surface area (Å²) in [7, 11) is 0. The average molecular weight is 2050 g/mol. The third-order valence-electron chi connectivity index (χ3n) is 21.6. The van der Waals surface area contributed by atoms with E-state index in [-0.39, 0.29) is 212 Å². The molecule has 0 saturated carbocycles. The zero-order chi connectivity index (χ0) is 109. The second-order valence-electron chi connectivity index (χ2n) is 33.9. The Morgan fingerprint density at radius 3 is 0.614 bits per heavy atom. The first-order valence-corrected chi connectivity index (χ1v) is 47.0. The highest BCUT2D eigenvalue weighted by Crippen LogP contribution is 2.21. The van der Waals surface area contributed by atoms with Crippen LogP contribution in [0, 0.1) is 54.1 Å². The van der Waals surface area contributed by atoms with E-state index < -0.39 is 227 Å². The van der Waals surface area contributed by atoms with Gasteiger partial charge in [-0.3, -0.25) is 126 Å². The van der Waals surface area contributed by atoms with E-state index >= 15 is 24.0 Å². The minimum atomic E-state index is -1.72. The van der Waals surface area contributed by atoms with E-state index in [0.717, 1.165) is 0 Å². The van der Waals surface area contributed by atoms with Gasteiger partial charge in [0.2, 0.25) is 88.6 Å². The van der Waals surface area contributed by atoms with Gasteiger partial charge in [-0.25, -0.2) is 0 Å². The van der Waals surface area contributed by atoms with E-state index in [1.54, 1.807) is 30.5 Å². The molecule has 0 fully saturated rings. The van der Waals surface area contributed by atoms with Crippen molar-refractivity contribution in [2.24, 2.45) is 68.8 Å². The number of para-hydroxylation sites is 1. The first-order valence-electron chi connectivity index (χ1n) is 47.0. The van der Waals surface area contributed by atoms with Crippen LogP contribution >= 0.6 is 0 Å². The van der Waals surface area contributed by atoms with Crippen molar-refractivity contribution in [1.82, 2.24) is 133 Å². The molecule has 0 aliphatic heterocycles. The van der Waals surface area contributed by atoms with Crippen molar-refractivity contribution in [2.75, 3.05) is 65.4 Å². The van der Waals surface area contributed by atoms with Gasteiger partial charge in [-0.15, -0.1) is 0 Å². The second kappa shape index (κ2) is 67.8. The van der Waals surface area contributed by atoms with E-state index in [2.05, 4.69) is 133 Å². The Kier molecular flexibility index (Phi) is 58.2. The summed E-state index contributed by atoms with van der Waals surface area (Å²) in [4.78, 5) is 219. The van der Waals surface area contributed by atoms with Crippen LogP contribution in [0.4, 0.5) is 0 Å². The van der Waals surface area contributed by atoms with Crippen molar-refractivity contribution < 1.29 is 71.9 Å². The molecular formula is C83H153N47O15. The van der Waals surface area contributed by atoms with Crippen LogP contribution in [0.25, 0.3) is 10.9 Å². The summed E-state index contributed by atoms with van der Waals surface area (Å²) in [5.74, 6) is -18.9. The molecule has 1 aromatic carbocycles. The Morgan fingerprint density at radius 2 is 0.414 bits per heavy atom. The van der Waals surface area contributed by atoms with Gasteiger partial charge in [0.1, 0.15) is 84.6 Å². The highest BCUT2D eigenvalue weighted by molar-refractivity contribution is 6.01. The van der Waals surface area contributed by atoms with Crippen LogP contribution < -0.4 is 196 Å². The minimum absolute atomic E-state index is 0.000440. The molecule has 145 heavy (non-hydrogen) atoms. The molecule has 59 N–H and O–H groups in total. The Bertz CT molecular complexity index is 4690. The molecule has 1 heterocycles. The average Bonchev–Trinajstić information content (AvgIpc) is 1.68. The number of fused-ring (bicyclic) bond motifs is 1. The molecule has 0 unspecified atom stereocenters. The van der Waals surface area contributed by atoms with Crippen LogP contribution in [0.1, 0.15) is 162 Å². The van der Waals surface area contributed by atoms with Gasteiger partial charge in [-0.05, 0) is 168 Å². The lowest BCUT2D eigenvalue weighted by atomic mass is 10.0. The van der Waals surface area contributed by atoms with Gasteiger partial charge >= 0.3 is 0 Å². The number of amides is 15. The smallest absolute Gasteiger partial charge is 0.243 e. The van der Waals surface area contributed by atoms with Crippen molar-refractivity contribution in [3.63, 3.8) is 0 Å². The van der Waals surface area contributed by atoms with Crippen LogP contribution in [-0.4, -0.2) is 309 Å². The highest BCUT2D eigenvalue weighted by Gasteiger charge is 2.39. The van der Waals surface area contributed by atoms with Crippen LogP contribution in [0.5, 0.6) is 0 Å². The maximum absolute atomic E-state index is 15.6. The summed E-state index contributed by atoms with van der Waals surface area (Å²) in [5, 5.41) is 140. The highest BCUT2D eigenvalue weighted by atomic mass is 16.2. The number of nitrogens with one attached hydrogen (secondary N) is 35. The second-order valence-corrected chi connectivity index (χ2v) is 33.9. The van der Waals surface area contributed by atoms with Gasteiger partial charge in [0.15, 0.2) is 59.6 Å². The predicted molar refractivity (Wildman–Crippen MR) is 540 cm³/mol. The van der Waals surface area contributed by atoms with Crippen LogP contribution in [0.2, 0.25) is 0 Å². The predicted octanol–water partition coefficient (Wildman–Crippen LogP) is -14.0. The normalized spacial score (nSPS) is 13.9. The minimum Gasteiger partial charge on any atom is -0.370 e. The number of benzene rings is 1. The third-order valence-corrected chi connectivity index (χ3v) is 21.6. The molecule has 2 aromatic rings. The molecule has 1 aromatic heterocycles. The molecule has 62 nitrogen and oxygen atoms in total. The van der Waals surface area contributed by atoms with Gasteiger partial charge in [-0.2, -0.15) is 0 Å². The quantitative estimate of drug-likeness (QED) is 0.0166. The topological polar surface area (TPSA) is 1110 Å². The first kappa shape index (κ1) is 125. The molecule has 0 saturated heterocycles. The Labute approximate surface area is 837 Å². The summed E-state index contributed by atoms with van der Waals surface area (Å²) in [5.41, 5.74) is 67.8. The number of guanidine groups is 10. The van der Waals surface area contributed by atoms with Gasteiger partial charge in [-0.1, -0.05) is 18.2 Å². The molecule has 62 heteroatoms. The number of aromatic nitrogens is 1. The summed E-state index contributed by atoms with van der Waals surface area (Å²) < 4.78 is 0. The lowest BCUT2D eigenvalue weighted by Crippen LogP contribution is -2.61. The molecule has 0 bridgehead atoms. The van der Waals surface area contributed by atoms with Gasteiger partial charge in [0.25, 0.3) is 0 Å². The van der Waals surface area contributed by atoms with Crippen molar-refractivity contribution in [2.45, 2.75) is 253 Å². The Morgan fingerprint density at radius 1 is 0.241 bits per heavy atom. The van der Waals surface area contributed by atoms with Crippen molar-refractivity contribution in [1.29, 1.82) is 54.1 Å². The van der Waals surface area contributed by atoms with Crippen LogP contribution in [-0.2, 0) is 78.3 Å². The number of rotatable bonds is 71. The van der Waals surface area contributed by atoms with E-state index in [9.17, 15) is 47.9 Å². The third kappa shape index (κ3) is 53.6. The number of primary amides is 1. The molecular weight excluding hydrogens is 1900 g/mol. The maximum Gasteiger partial charge on any atom is 0.243 e. The van der Waals surface area contributed by atoms with Gasteiger partial charge in [0.05, 0.1) is 6.04 Å². The van der Waals surface area contributed by atoms with E-state index in [1.165, 1.54) is 27.7 Å². The fraction of sp³-hybridized carbons (Fsp3) is 0.602. The van der Waals surface area contributed by atoms with Crippen molar-refractivity contribution in [3.8, 4) is 0 Å². The largest absolute Gasteiger partial charge is 0.370 e. The summed E-state index contributed by atoms with van der Waals surface area (Å²) in [6.07, 6.45) is -0.695. The Balaban J connectivity index is 2.89. The number of carbonyl (C=O) groups excluding carboxylic acids is 15. The summed E-state index contributed by atoms with van der Waals surface area (Å²) in [6, 6.07) is -15.7. The van der Waals surface area contributed by atoms with E-state index in [0.29, 0.717) is 16.5 Å². The maximum atomic E-state index is 15.6. The zero-order valence-electron chi connectivity index (χ0n) is 82.0. The van der Waals surface area contributed by atoms with Crippen molar-refractivity contribution in [3.05, 3.63) is 36.0 Å². The first-order chi connectivity index (χ1) is 68.4. The van der Waals surface area contributed by atoms with E-state index in [1.807, 2.05) is 0 Å². The Hall–Kier alpha value is -16.5. The number of hydrogen-bond donors (Lipinski definition) is 47. The number of aromatic amines is 1. The number of hydrogen-bond acceptors (Lipinski definition) is 26. The monoisotopic (exact) mass is 2050 g/mol. The van der Waals surface area contributed by atoms with E-state index in [4.69, 9.17) is 123 Å². The molecule has 0 aliphatic carbocycles. The van der Waals surface area contributed by atoms with Crippen LogP contribution in [0.3, 0.4) is 0 Å². The van der Waals surface area contributed by atoms with Crippen LogP contribution in [0.15, 0.2) is 30.5 Å².